The first-order valence-corrected chi connectivity index (χ1v) is 9.69. The van der Waals surface area contributed by atoms with Crippen molar-refractivity contribution in [3.05, 3.63) is 18.6 Å². The van der Waals surface area contributed by atoms with E-state index in [0.717, 1.165) is 75.0 Å². The van der Waals surface area contributed by atoms with Gasteiger partial charge in [-0.3, -0.25) is 4.79 Å². The standard InChI is InChI=1S/C19H25N5O2/c25-14-3-1-13(2-4-14)18(26)24-10-9-23(11-19(24)6-7-19)17-15-5-8-20-16(15)21-12-22-17/h5,8,12-14,25H,1-4,6-7,9-11H2,(H,20,21,22)/t13-,14-. The SMILES string of the molecule is O=C([C@H]1CC[C@H](O)CC1)N1CCN(c2ncnc3[nH]ccc23)CC12CC2. The minimum Gasteiger partial charge on any atom is -0.393 e. The summed E-state index contributed by atoms with van der Waals surface area (Å²) in [7, 11) is 0. The zero-order valence-electron chi connectivity index (χ0n) is 14.9. The fourth-order valence-electron chi connectivity index (χ4n) is 4.73. The third-order valence-corrected chi connectivity index (χ3v) is 6.42. The summed E-state index contributed by atoms with van der Waals surface area (Å²) in [6.45, 7) is 2.42. The van der Waals surface area contributed by atoms with Crippen molar-refractivity contribution in [2.24, 2.45) is 5.92 Å². The number of piperazine rings is 1. The van der Waals surface area contributed by atoms with Crippen LogP contribution in [0.2, 0.25) is 0 Å². The van der Waals surface area contributed by atoms with Crippen LogP contribution in [0.3, 0.4) is 0 Å². The van der Waals surface area contributed by atoms with Gasteiger partial charge in [0.05, 0.1) is 17.0 Å². The molecule has 3 fully saturated rings. The Hall–Kier alpha value is -2.15. The monoisotopic (exact) mass is 355 g/mol. The maximum Gasteiger partial charge on any atom is 0.226 e. The van der Waals surface area contributed by atoms with Gasteiger partial charge in [0.25, 0.3) is 0 Å². The molecule has 3 aliphatic rings. The van der Waals surface area contributed by atoms with Crippen LogP contribution in [0.15, 0.2) is 18.6 Å². The molecule has 5 rings (SSSR count). The van der Waals surface area contributed by atoms with Crippen molar-refractivity contribution >= 4 is 22.8 Å². The molecule has 2 aromatic rings. The predicted octanol–water partition coefficient (Wildman–Crippen LogP) is 1.69. The Morgan fingerprint density at radius 2 is 2.00 bits per heavy atom. The second-order valence-corrected chi connectivity index (χ2v) is 8.08. The molecule has 0 bridgehead atoms. The van der Waals surface area contributed by atoms with Gasteiger partial charge in [0.2, 0.25) is 5.91 Å². The van der Waals surface area contributed by atoms with Crippen LogP contribution in [-0.4, -0.2) is 62.1 Å². The van der Waals surface area contributed by atoms with Crippen molar-refractivity contribution in [1.82, 2.24) is 19.9 Å². The molecule has 0 unspecified atom stereocenters. The molecule has 1 aliphatic heterocycles. The van der Waals surface area contributed by atoms with E-state index in [0.29, 0.717) is 5.91 Å². The molecule has 2 aliphatic carbocycles. The first kappa shape index (κ1) is 16.1. The lowest BCUT2D eigenvalue weighted by Crippen LogP contribution is -2.58. The highest BCUT2D eigenvalue weighted by molar-refractivity contribution is 5.87. The van der Waals surface area contributed by atoms with E-state index in [-0.39, 0.29) is 17.6 Å². The third kappa shape index (κ3) is 2.57. The van der Waals surface area contributed by atoms with E-state index in [2.05, 4.69) is 24.8 Å². The number of anilines is 1. The maximum absolute atomic E-state index is 13.1. The molecule has 2 saturated carbocycles. The number of aliphatic hydroxyl groups excluding tert-OH is 1. The van der Waals surface area contributed by atoms with Crippen molar-refractivity contribution < 1.29 is 9.90 Å². The van der Waals surface area contributed by atoms with E-state index < -0.39 is 0 Å². The number of aromatic amines is 1. The Morgan fingerprint density at radius 3 is 2.77 bits per heavy atom. The minimum absolute atomic E-state index is 0.0149. The molecule has 2 aromatic heterocycles. The number of aromatic nitrogens is 3. The Morgan fingerprint density at radius 1 is 1.19 bits per heavy atom. The van der Waals surface area contributed by atoms with Crippen molar-refractivity contribution in [2.45, 2.75) is 50.2 Å². The zero-order chi connectivity index (χ0) is 17.7. The maximum atomic E-state index is 13.1. The van der Waals surface area contributed by atoms with Crippen molar-refractivity contribution in [3.63, 3.8) is 0 Å². The van der Waals surface area contributed by atoms with Gasteiger partial charge in [-0.05, 0) is 44.6 Å². The first-order chi connectivity index (χ1) is 12.7. The minimum atomic E-state index is -0.215. The Labute approximate surface area is 152 Å². The van der Waals surface area contributed by atoms with E-state index >= 15 is 0 Å². The van der Waals surface area contributed by atoms with Gasteiger partial charge in [0.1, 0.15) is 17.8 Å². The lowest BCUT2D eigenvalue weighted by Gasteiger charge is -2.44. The molecule has 1 saturated heterocycles. The largest absolute Gasteiger partial charge is 0.393 e. The topological polar surface area (TPSA) is 85.3 Å². The van der Waals surface area contributed by atoms with Crippen LogP contribution in [0.4, 0.5) is 5.82 Å². The number of hydrogen-bond donors (Lipinski definition) is 2. The van der Waals surface area contributed by atoms with Crippen LogP contribution in [0, 0.1) is 5.92 Å². The highest BCUT2D eigenvalue weighted by atomic mass is 16.3. The van der Waals surface area contributed by atoms with Gasteiger partial charge in [-0.25, -0.2) is 9.97 Å². The van der Waals surface area contributed by atoms with Gasteiger partial charge in [0.15, 0.2) is 0 Å². The Balaban J connectivity index is 1.35. The number of carbonyl (C=O) groups is 1. The zero-order valence-corrected chi connectivity index (χ0v) is 14.9. The van der Waals surface area contributed by atoms with Crippen molar-refractivity contribution in [1.29, 1.82) is 0 Å². The lowest BCUT2D eigenvalue weighted by molar-refractivity contribution is -0.141. The molecule has 7 heteroatoms. The van der Waals surface area contributed by atoms with Gasteiger partial charge in [-0.2, -0.15) is 0 Å². The fraction of sp³-hybridized carbons (Fsp3) is 0.632. The van der Waals surface area contributed by atoms with Crippen molar-refractivity contribution in [2.75, 3.05) is 24.5 Å². The third-order valence-electron chi connectivity index (χ3n) is 6.42. The van der Waals surface area contributed by atoms with E-state index in [1.54, 1.807) is 6.33 Å². The smallest absolute Gasteiger partial charge is 0.226 e. The van der Waals surface area contributed by atoms with E-state index in [9.17, 15) is 9.90 Å². The number of rotatable bonds is 2. The van der Waals surface area contributed by atoms with Crippen LogP contribution >= 0.6 is 0 Å². The summed E-state index contributed by atoms with van der Waals surface area (Å²) in [6, 6.07) is 2.02. The number of H-pyrrole nitrogens is 1. The highest BCUT2D eigenvalue weighted by Gasteiger charge is 2.54. The normalized spacial score (nSPS) is 27.9. The average molecular weight is 355 g/mol. The van der Waals surface area contributed by atoms with Gasteiger partial charge < -0.3 is 19.9 Å². The van der Waals surface area contributed by atoms with Gasteiger partial charge >= 0.3 is 0 Å². The number of carbonyl (C=O) groups excluding carboxylic acids is 1. The van der Waals surface area contributed by atoms with Crippen LogP contribution in [-0.2, 0) is 4.79 Å². The number of fused-ring (bicyclic) bond motifs is 1. The Kier molecular flexibility index (Phi) is 3.67. The molecule has 1 amide bonds. The molecular weight excluding hydrogens is 330 g/mol. The average Bonchev–Trinajstić information content (AvgIpc) is 3.24. The number of amides is 1. The molecule has 1 spiro atoms. The van der Waals surface area contributed by atoms with Crippen LogP contribution in [0.5, 0.6) is 0 Å². The predicted molar refractivity (Wildman–Crippen MR) is 97.7 cm³/mol. The quantitative estimate of drug-likeness (QED) is 0.856. The molecule has 0 radical (unpaired) electrons. The summed E-state index contributed by atoms with van der Waals surface area (Å²) >= 11 is 0. The summed E-state index contributed by atoms with van der Waals surface area (Å²) in [5.74, 6) is 1.37. The first-order valence-electron chi connectivity index (χ1n) is 9.69. The number of aliphatic hydroxyl groups is 1. The van der Waals surface area contributed by atoms with E-state index in [4.69, 9.17) is 0 Å². The highest BCUT2D eigenvalue weighted by Crippen LogP contribution is 2.46. The van der Waals surface area contributed by atoms with Crippen molar-refractivity contribution in [3.8, 4) is 0 Å². The summed E-state index contributed by atoms with van der Waals surface area (Å²) in [5, 5.41) is 10.8. The molecule has 0 atom stereocenters. The van der Waals surface area contributed by atoms with Gasteiger partial charge in [0, 0.05) is 31.7 Å². The summed E-state index contributed by atoms with van der Waals surface area (Å²) in [5.41, 5.74) is 0.845. The molecule has 0 aromatic carbocycles. The molecule has 7 nitrogen and oxygen atoms in total. The number of nitrogens with zero attached hydrogens (tertiary/aromatic N) is 4. The van der Waals surface area contributed by atoms with Crippen LogP contribution in [0.1, 0.15) is 38.5 Å². The number of nitrogens with one attached hydrogen (secondary N) is 1. The molecule has 26 heavy (non-hydrogen) atoms. The fourth-order valence-corrected chi connectivity index (χ4v) is 4.73. The summed E-state index contributed by atoms with van der Waals surface area (Å²) in [6.07, 6.45) is 8.61. The summed E-state index contributed by atoms with van der Waals surface area (Å²) in [4.78, 5) is 29.6. The van der Waals surface area contributed by atoms with Crippen LogP contribution < -0.4 is 4.90 Å². The lowest BCUT2D eigenvalue weighted by atomic mass is 9.86. The number of hydrogen-bond acceptors (Lipinski definition) is 5. The second-order valence-electron chi connectivity index (χ2n) is 8.08. The van der Waals surface area contributed by atoms with E-state index in [1.807, 2.05) is 12.3 Å². The van der Waals surface area contributed by atoms with E-state index in [1.165, 1.54) is 0 Å². The second kappa shape index (κ2) is 5.94. The molecule has 138 valence electrons. The van der Waals surface area contributed by atoms with Gasteiger partial charge in [-0.1, -0.05) is 0 Å². The molecular formula is C19H25N5O2. The molecule has 3 heterocycles. The van der Waals surface area contributed by atoms with Crippen LogP contribution in [0.25, 0.3) is 11.0 Å². The molecule has 2 N–H and O–H groups in total. The Bertz CT molecular complexity index is 822. The van der Waals surface area contributed by atoms with Gasteiger partial charge in [-0.15, -0.1) is 0 Å². The summed E-state index contributed by atoms with van der Waals surface area (Å²) < 4.78 is 0.